The van der Waals surface area contributed by atoms with E-state index in [-0.39, 0.29) is 21.6 Å². The lowest BCUT2D eigenvalue weighted by atomic mass is 10.1. The van der Waals surface area contributed by atoms with Crippen LogP contribution < -0.4 is 4.18 Å². The lowest BCUT2D eigenvalue weighted by Crippen LogP contribution is -2.28. The van der Waals surface area contributed by atoms with Crippen LogP contribution in [0, 0.1) is 0 Å². The number of benzene rings is 1. The number of nitrogens with zero attached hydrogens (tertiary/aromatic N) is 1. The fourth-order valence-corrected chi connectivity index (χ4v) is 2.77. The Morgan fingerprint density at radius 2 is 2.00 bits per heavy atom. The molecule has 0 bridgehead atoms. The van der Waals surface area contributed by atoms with E-state index in [2.05, 4.69) is 9.17 Å². The molecule has 0 amide bonds. The number of fused-ring (bicyclic) bond motifs is 1. The zero-order valence-electron chi connectivity index (χ0n) is 9.76. The topological polar surface area (TPSA) is 73.3 Å². The number of thiazole rings is 1. The minimum Gasteiger partial charge on any atom is -0.374 e. The summed E-state index contributed by atoms with van der Waals surface area (Å²) in [7, 11) is -5.77. The molecule has 2 aromatic rings. The monoisotopic (exact) mass is 325 g/mol. The smallest absolute Gasteiger partial charge is 0.374 e. The van der Waals surface area contributed by atoms with Crippen LogP contribution in [0.2, 0.25) is 0 Å². The molecular formula is C10H6F3NO4S2. The van der Waals surface area contributed by atoms with E-state index < -0.39 is 21.4 Å². The molecule has 5 nitrogen and oxygen atoms in total. The van der Waals surface area contributed by atoms with Crippen LogP contribution in [-0.2, 0) is 10.1 Å². The summed E-state index contributed by atoms with van der Waals surface area (Å²) >= 11 is 1.00. The molecule has 0 saturated carbocycles. The number of alkyl halides is 3. The van der Waals surface area contributed by atoms with Gasteiger partial charge in [0.1, 0.15) is 5.52 Å². The second-order valence-corrected chi connectivity index (χ2v) is 6.07. The fourth-order valence-electron chi connectivity index (χ4n) is 1.44. The molecule has 0 unspecified atom stereocenters. The summed E-state index contributed by atoms with van der Waals surface area (Å²) < 4.78 is 63.1. The van der Waals surface area contributed by atoms with Crippen LogP contribution in [0.3, 0.4) is 0 Å². The van der Waals surface area contributed by atoms with Crippen molar-refractivity contribution in [2.24, 2.45) is 0 Å². The van der Waals surface area contributed by atoms with Gasteiger partial charge in [0.2, 0.25) is 0 Å². The Morgan fingerprint density at radius 1 is 1.35 bits per heavy atom. The first kappa shape index (κ1) is 14.7. The van der Waals surface area contributed by atoms with Crippen molar-refractivity contribution in [2.45, 2.75) is 12.4 Å². The molecule has 1 aromatic carbocycles. The van der Waals surface area contributed by atoms with Crippen molar-refractivity contribution in [1.82, 2.24) is 4.98 Å². The van der Waals surface area contributed by atoms with Crippen molar-refractivity contribution in [3.63, 3.8) is 0 Å². The van der Waals surface area contributed by atoms with Gasteiger partial charge in [-0.15, -0.1) is 11.3 Å². The van der Waals surface area contributed by atoms with Crippen molar-refractivity contribution in [1.29, 1.82) is 0 Å². The van der Waals surface area contributed by atoms with Gasteiger partial charge in [-0.05, 0) is 19.1 Å². The minimum absolute atomic E-state index is 0.101. The number of halogens is 3. The Labute approximate surface area is 115 Å². The summed E-state index contributed by atoms with van der Waals surface area (Å²) in [6.07, 6.45) is 0. The lowest BCUT2D eigenvalue weighted by molar-refractivity contribution is -0.0499. The van der Waals surface area contributed by atoms with Gasteiger partial charge in [-0.25, -0.2) is 4.98 Å². The standard InChI is InChI=1S/C10H6F3NO4S2/c1-5(15)6-2-3-7(8-9(6)19-4-14-8)18-20(16,17)10(11,12)13/h2-4H,1H3. The van der Waals surface area contributed by atoms with Gasteiger partial charge >= 0.3 is 15.6 Å². The Kier molecular flexibility index (Phi) is 3.46. The van der Waals surface area contributed by atoms with Gasteiger partial charge in [-0.2, -0.15) is 21.6 Å². The summed E-state index contributed by atoms with van der Waals surface area (Å²) in [5.41, 5.74) is -4.12. The van der Waals surface area contributed by atoms with Gasteiger partial charge in [0.05, 0.1) is 10.2 Å². The highest BCUT2D eigenvalue weighted by atomic mass is 32.2. The quantitative estimate of drug-likeness (QED) is 0.493. The summed E-state index contributed by atoms with van der Waals surface area (Å²) in [6.45, 7) is 1.28. The van der Waals surface area contributed by atoms with Crippen LogP contribution in [0.4, 0.5) is 13.2 Å². The molecule has 0 fully saturated rings. The Balaban J connectivity index is 2.56. The number of carbonyl (C=O) groups excluding carboxylic acids is 1. The molecule has 0 radical (unpaired) electrons. The highest BCUT2D eigenvalue weighted by molar-refractivity contribution is 7.88. The van der Waals surface area contributed by atoms with Gasteiger partial charge in [0.15, 0.2) is 11.5 Å². The SMILES string of the molecule is CC(=O)c1ccc(OS(=O)(=O)C(F)(F)F)c2ncsc12. The van der Waals surface area contributed by atoms with E-state index in [0.717, 1.165) is 17.4 Å². The molecule has 0 spiro atoms. The lowest BCUT2D eigenvalue weighted by Gasteiger charge is -2.10. The van der Waals surface area contributed by atoms with Crippen LogP contribution in [-0.4, -0.2) is 24.7 Å². The third-order valence-corrected chi connectivity index (χ3v) is 4.13. The zero-order chi connectivity index (χ0) is 15.1. The summed E-state index contributed by atoms with van der Waals surface area (Å²) in [6, 6.07) is 2.17. The molecule has 20 heavy (non-hydrogen) atoms. The molecule has 0 aliphatic rings. The highest BCUT2D eigenvalue weighted by Gasteiger charge is 2.48. The predicted octanol–water partition coefficient (Wildman–Crippen LogP) is 2.73. The van der Waals surface area contributed by atoms with E-state index in [4.69, 9.17) is 0 Å². The molecule has 0 N–H and O–H groups in total. The van der Waals surface area contributed by atoms with Gasteiger partial charge in [0, 0.05) is 5.56 Å². The van der Waals surface area contributed by atoms with Crippen LogP contribution in [0.15, 0.2) is 17.6 Å². The van der Waals surface area contributed by atoms with Gasteiger partial charge in [0.25, 0.3) is 0 Å². The van der Waals surface area contributed by atoms with Crippen molar-refractivity contribution in [3.8, 4) is 5.75 Å². The second-order valence-electron chi connectivity index (χ2n) is 3.68. The molecule has 0 aliphatic heterocycles. The van der Waals surface area contributed by atoms with Crippen molar-refractivity contribution >= 4 is 37.5 Å². The van der Waals surface area contributed by atoms with E-state index >= 15 is 0 Å². The third-order valence-electron chi connectivity index (χ3n) is 2.31. The number of hydrogen-bond donors (Lipinski definition) is 0. The van der Waals surface area contributed by atoms with Crippen molar-refractivity contribution in [3.05, 3.63) is 23.2 Å². The number of ketones is 1. The largest absolute Gasteiger partial charge is 0.534 e. The average molecular weight is 325 g/mol. The summed E-state index contributed by atoms with van der Waals surface area (Å²) in [5.74, 6) is -0.881. The Bertz CT molecular complexity index is 779. The van der Waals surface area contributed by atoms with Crippen LogP contribution >= 0.6 is 11.3 Å². The molecule has 1 aromatic heterocycles. The molecular weight excluding hydrogens is 319 g/mol. The summed E-state index contributed by atoms with van der Waals surface area (Å²) in [4.78, 5) is 15.1. The first-order valence-electron chi connectivity index (χ1n) is 5.01. The number of hydrogen-bond acceptors (Lipinski definition) is 6. The van der Waals surface area contributed by atoms with Crippen LogP contribution in [0.5, 0.6) is 5.75 Å². The average Bonchev–Trinajstić information content (AvgIpc) is 2.76. The van der Waals surface area contributed by atoms with E-state index in [0.29, 0.717) is 0 Å². The van der Waals surface area contributed by atoms with Gasteiger partial charge in [-0.1, -0.05) is 0 Å². The van der Waals surface area contributed by atoms with E-state index in [1.165, 1.54) is 18.5 Å². The number of rotatable bonds is 3. The predicted molar refractivity (Wildman–Crippen MR) is 65.2 cm³/mol. The molecule has 10 heteroatoms. The van der Waals surface area contributed by atoms with Crippen LogP contribution in [0.1, 0.15) is 17.3 Å². The molecule has 0 atom stereocenters. The fraction of sp³-hybridized carbons (Fsp3) is 0.200. The first-order chi connectivity index (χ1) is 9.13. The van der Waals surface area contributed by atoms with E-state index in [9.17, 15) is 26.4 Å². The highest BCUT2D eigenvalue weighted by Crippen LogP contribution is 2.34. The van der Waals surface area contributed by atoms with Gasteiger partial charge < -0.3 is 4.18 Å². The van der Waals surface area contributed by atoms with Crippen molar-refractivity contribution < 1.29 is 30.6 Å². The Hall–Kier alpha value is -1.68. The maximum Gasteiger partial charge on any atom is 0.534 e. The molecule has 0 saturated heterocycles. The molecule has 0 aliphatic carbocycles. The summed E-state index contributed by atoms with van der Waals surface area (Å²) in [5, 5.41) is 0. The van der Waals surface area contributed by atoms with Crippen LogP contribution in [0.25, 0.3) is 10.2 Å². The maximum absolute atomic E-state index is 12.3. The minimum atomic E-state index is -5.77. The van der Waals surface area contributed by atoms with Gasteiger partial charge in [-0.3, -0.25) is 4.79 Å². The molecule has 108 valence electrons. The van der Waals surface area contributed by atoms with E-state index in [1.807, 2.05) is 0 Å². The second kappa shape index (κ2) is 4.70. The van der Waals surface area contributed by atoms with E-state index in [1.54, 1.807) is 0 Å². The Morgan fingerprint density at radius 3 is 2.55 bits per heavy atom. The molecule has 1 heterocycles. The molecule has 2 rings (SSSR count). The zero-order valence-corrected chi connectivity index (χ0v) is 11.4. The normalized spacial score (nSPS) is 12.6. The third kappa shape index (κ3) is 2.48. The number of aromatic nitrogens is 1. The maximum atomic E-state index is 12.3. The number of carbonyl (C=O) groups is 1. The van der Waals surface area contributed by atoms with Crippen molar-refractivity contribution in [2.75, 3.05) is 0 Å². The number of Topliss-reactive ketones (excluding diaryl/α,β-unsaturated/α-hetero) is 1. The first-order valence-corrected chi connectivity index (χ1v) is 7.30.